The Labute approximate surface area is 121 Å². The molecular formula is C14H18BrNO3. The van der Waals surface area contributed by atoms with Crippen molar-refractivity contribution in [2.24, 2.45) is 0 Å². The van der Waals surface area contributed by atoms with E-state index in [9.17, 15) is 4.79 Å². The van der Waals surface area contributed by atoms with Crippen molar-refractivity contribution < 1.29 is 14.3 Å². The molecule has 0 amide bonds. The fourth-order valence-electron chi connectivity index (χ4n) is 2.33. The third-order valence-corrected chi connectivity index (χ3v) is 3.88. The summed E-state index contributed by atoms with van der Waals surface area (Å²) in [5, 5.41) is 0. The standard InChI is InChI=1S/C14H18BrNO3/c1-8-5-11(6-9(2)18-8)19-14(17)10-3-4-12(15)13(16)7-10/h3-4,7-9,11H,5-6,16H2,1-2H3. The lowest BCUT2D eigenvalue weighted by molar-refractivity contribution is -0.0855. The van der Waals surface area contributed by atoms with Crippen LogP contribution in [0.4, 0.5) is 5.69 Å². The fourth-order valence-corrected chi connectivity index (χ4v) is 2.58. The number of esters is 1. The topological polar surface area (TPSA) is 61.5 Å². The van der Waals surface area contributed by atoms with Crippen LogP contribution in [-0.4, -0.2) is 24.3 Å². The van der Waals surface area contributed by atoms with Crippen LogP contribution >= 0.6 is 15.9 Å². The number of nitrogens with two attached hydrogens (primary N) is 1. The summed E-state index contributed by atoms with van der Waals surface area (Å²) in [6.07, 6.45) is 1.63. The summed E-state index contributed by atoms with van der Waals surface area (Å²) in [4.78, 5) is 12.1. The normalized spacial score (nSPS) is 27.0. The molecule has 2 rings (SSSR count). The second-order valence-electron chi connectivity index (χ2n) is 4.99. The first kappa shape index (κ1) is 14.3. The predicted molar refractivity (Wildman–Crippen MR) is 77.0 cm³/mol. The zero-order chi connectivity index (χ0) is 14.0. The molecule has 0 spiro atoms. The minimum absolute atomic E-state index is 0.0869. The molecule has 2 atom stereocenters. The van der Waals surface area contributed by atoms with E-state index in [2.05, 4.69) is 15.9 Å². The minimum Gasteiger partial charge on any atom is -0.459 e. The van der Waals surface area contributed by atoms with Crippen molar-refractivity contribution in [1.82, 2.24) is 0 Å². The Bertz CT molecular complexity index is 468. The Morgan fingerprint density at radius 1 is 1.37 bits per heavy atom. The number of halogens is 1. The molecule has 1 aromatic carbocycles. The first-order chi connectivity index (χ1) is 8.95. The number of anilines is 1. The van der Waals surface area contributed by atoms with E-state index in [1.165, 1.54) is 0 Å². The maximum absolute atomic E-state index is 12.1. The third kappa shape index (κ3) is 3.70. The molecule has 1 aromatic rings. The molecule has 1 fully saturated rings. The molecular weight excluding hydrogens is 310 g/mol. The Balaban J connectivity index is 2.02. The average Bonchev–Trinajstić information content (AvgIpc) is 2.31. The van der Waals surface area contributed by atoms with Gasteiger partial charge in [-0.15, -0.1) is 0 Å². The van der Waals surface area contributed by atoms with Gasteiger partial charge in [0.05, 0.1) is 17.8 Å². The van der Waals surface area contributed by atoms with Gasteiger partial charge in [-0.05, 0) is 48.0 Å². The molecule has 1 heterocycles. The minimum atomic E-state index is -0.328. The van der Waals surface area contributed by atoms with Gasteiger partial charge in [0.2, 0.25) is 0 Å². The van der Waals surface area contributed by atoms with Crippen LogP contribution in [0.25, 0.3) is 0 Å². The molecule has 0 saturated carbocycles. The van der Waals surface area contributed by atoms with Gasteiger partial charge < -0.3 is 15.2 Å². The quantitative estimate of drug-likeness (QED) is 0.669. The fraction of sp³-hybridized carbons (Fsp3) is 0.500. The largest absolute Gasteiger partial charge is 0.459 e. The summed E-state index contributed by atoms with van der Waals surface area (Å²) in [6.45, 7) is 3.99. The first-order valence-corrected chi connectivity index (χ1v) is 7.16. The number of hydrogen-bond donors (Lipinski definition) is 1. The van der Waals surface area contributed by atoms with Gasteiger partial charge in [0.25, 0.3) is 0 Å². The molecule has 5 heteroatoms. The lowest BCUT2D eigenvalue weighted by Gasteiger charge is -2.31. The highest BCUT2D eigenvalue weighted by Gasteiger charge is 2.27. The smallest absolute Gasteiger partial charge is 0.338 e. The van der Waals surface area contributed by atoms with Crippen LogP contribution in [0.2, 0.25) is 0 Å². The predicted octanol–water partition coefficient (Wildman–Crippen LogP) is 3.14. The van der Waals surface area contributed by atoms with Crippen LogP contribution in [0.15, 0.2) is 22.7 Å². The third-order valence-electron chi connectivity index (χ3n) is 3.16. The lowest BCUT2D eigenvalue weighted by atomic mass is 10.0. The van der Waals surface area contributed by atoms with Crippen LogP contribution in [0, 0.1) is 0 Å². The molecule has 0 radical (unpaired) electrons. The molecule has 2 unspecified atom stereocenters. The Morgan fingerprint density at radius 3 is 2.58 bits per heavy atom. The molecule has 1 saturated heterocycles. The van der Waals surface area contributed by atoms with Gasteiger partial charge in [-0.2, -0.15) is 0 Å². The second kappa shape index (κ2) is 5.92. The maximum Gasteiger partial charge on any atom is 0.338 e. The number of carbonyl (C=O) groups is 1. The van der Waals surface area contributed by atoms with E-state index in [4.69, 9.17) is 15.2 Å². The van der Waals surface area contributed by atoms with Gasteiger partial charge in [-0.3, -0.25) is 0 Å². The Kier molecular flexibility index (Phi) is 4.47. The summed E-state index contributed by atoms with van der Waals surface area (Å²) in [6, 6.07) is 5.08. The van der Waals surface area contributed by atoms with Gasteiger partial charge >= 0.3 is 5.97 Å². The van der Waals surface area contributed by atoms with Crippen molar-refractivity contribution in [3.63, 3.8) is 0 Å². The van der Waals surface area contributed by atoms with Crippen LogP contribution in [0.5, 0.6) is 0 Å². The molecule has 1 aliphatic heterocycles. The highest BCUT2D eigenvalue weighted by atomic mass is 79.9. The zero-order valence-corrected chi connectivity index (χ0v) is 12.6. The van der Waals surface area contributed by atoms with E-state index >= 15 is 0 Å². The molecule has 1 aliphatic rings. The summed E-state index contributed by atoms with van der Waals surface area (Å²) >= 11 is 3.30. The average molecular weight is 328 g/mol. The SMILES string of the molecule is CC1CC(OC(=O)c2ccc(Br)c(N)c2)CC(C)O1. The van der Waals surface area contributed by atoms with E-state index in [1.807, 2.05) is 13.8 Å². The summed E-state index contributed by atoms with van der Waals surface area (Å²) in [5.41, 5.74) is 6.77. The molecule has 19 heavy (non-hydrogen) atoms. The zero-order valence-electron chi connectivity index (χ0n) is 11.1. The number of nitrogen functional groups attached to an aromatic ring is 1. The lowest BCUT2D eigenvalue weighted by Crippen LogP contribution is -2.35. The van der Waals surface area contributed by atoms with Crippen LogP contribution in [0.3, 0.4) is 0 Å². The van der Waals surface area contributed by atoms with Crippen LogP contribution in [0.1, 0.15) is 37.0 Å². The number of rotatable bonds is 2. The van der Waals surface area contributed by atoms with Gasteiger partial charge in [-0.25, -0.2) is 4.79 Å². The van der Waals surface area contributed by atoms with E-state index in [0.29, 0.717) is 11.3 Å². The number of carbonyl (C=O) groups excluding carboxylic acids is 1. The van der Waals surface area contributed by atoms with Crippen molar-refractivity contribution in [3.8, 4) is 0 Å². The van der Waals surface area contributed by atoms with E-state index in [-0.39, 0.29) is 24.3 Å². The number of ether oxygens (including phenoxy) is 2. The van der Waals surface area contributed by atoms with Gasteiger partial charge in [0.1, 0.15) is 6.10 Å². The van der Waals surface area contributed by atoms with Crippen LogP contribution < -0.4 is 5.73 Å². The summed E-state index contributed by atoms with van der Waals surface area (Å²) in [5.74, 6) is -0.328. The van der Waals surface area contributed by atoms with E-state index in [0.717, 1.165) is 17.3 Å². The number of benzene rings is 1. The number of hydrogen-bond acceptors (Lipinski definition) is 4. The summed E-state index contributed by atoms with van der Waals surface area (Å²) < 4.78 is 11.9. The van der Waals surface area contributed by atoms with Crippen molar-refractivity contribution in [2.45, 2.75) is 45.0 Å². The van der Waals surface area contributed by atoms with Crippen molar-refractivity contribution in [3.05, 3.63) is 28.2 Å². The molecule has 0 bridgehead atoms. The van der Waals surface area contributed by atoms with Crippen molar-refractivity contribution >= 4 is 27.6 Å². The van der Waals surface area contributed by atoms with Crippen LogP contribution in [-0.2, 0) is 9.47 Å². The van der Waals surface area contributed by atoms with Crippen molar-refractivity contribution in [2.75, 3.05) is 5.73 Å². The molecule has 4 nitrogen and oxygen atoms in total. The monoisotopic (exact) mass is 327 g/mol. The molecule has 104 valence electrons. The van der Waals surface area contributed by atoms with Gasteiger partial charge in [0.15, 0.2) is 0 Å². The van der Waals surface area contributed by atoms with E-state index in [1.54, 1.807) is 18.2 Å². The molecule has 0 aliphatic carbocycles. The Morgan fingerprint density at radius 2 is 2.00 bits per heavy atom. The van der Waals surface area contributed by atoms with Crippen molar-refractivity contribution in [1.29, 1.82) is 0 Å². The highest BCUT2D eigenvalue weighted by molar-refractivity contribution is 9.10. The Hall–Kier alpha value is -1.07. The first-order valence-electron chi connectivity index (χ1n) is 6.37. The van der Waals surface area contributed by atoms with E-state index < -0.39 is 0 Å². The van der Waals surface area contributed by atoms with Gasteiger partial charge in [0, 0.05) is 23.0 Å². The van der Waals surface area contributed by atoms with Gasteiger partial charge in [-0.1, -0.05) is 0 Å². The maximum atomic E-state index is 12.1. The summed E-state index contributed by atoms with van der Waals surface area (Å²) in [7, 11) is 0. The molecule has 0 aromatic heterocycles. The highest BCUT2D eigenvalue weighted by Crippen LogP contribution is 2.24. The molecule has 2 N–H and O–H groups in total. The second-order valence-corrected chi connectivity index (χ2v) is 5.85.